The van der Waals surface area contributed by atoms with Crippen LogP contribution >= 0.6 is 15.9 Å². The van der Waals surface area contributed by atoms with Crippen LogP contribution in [-0.2, 0) is 4.79 Å². The summed E-state index contributed by atoms with van der Waals surface area (Å²) in [6, 6.07) is 7.77. The molecule has 0 bridgehead atoms. The SMILES string of the molecule is Cc1cc(NC(=O)[C@H](C)NC(=O)c2ccc(Br)cc2)no1. The van der Waals surface area contributed by atoms with Gasteiger partial charge in [-0.05, 0) is 38.1 Å². The smallest absolute Gasteiger partial charge is 0.251 e. The molecule has 0 aliphatic heterocycles. The summed E-state index contributed by atoms with van der Waals surface area (Å²) in [4.78, 5) is 23.9. The van der Waals surface area contributed by atoms with Gasteiger partial charge in [0.15, 0.2) is 5.82 Å². The lowest BCUT2D eigenvalue weighted by molar-refractivity contribution is -0.117. The Balaban J connectivity index is 1.93. The van der Waals surface area contributed by atoms with E-state index in [0.29, 0.717) is 17.1 Å². The number of amides is 2. The van der Waals surface area contributed by atoms with Gasteiger partial charge in [-0.3, -0.25) is 9.59 Å². The molecular formula is C14H14BrN3O3. The first-order valence-corrected chi connectivity index (χ1v) is 7.05. The number of rotatable bonds is 4. The Morgan fingerprint density at radius 2 is 1.95 bits per heavy atom. The van der Waals surface area contributed by atoms with Crippen molar-refractivity contribution < 1.29 is 14.1 Å². The number of hydrogen-bond acceptors (Lipinski definition) is 4. The van der Waals surface area contributed by atoms with Gasteiger partial charge in [0.05, 0.1) is 0 Å². The quantitative estimate of drug-likeness (QED) is 0.886. The van der Waals surface area contributed by atoms with E-state index in [0.717, 1.165) is 4.47 Å². The maximum Gasteiger partial charge on any atom is 0.251 e. The van der Waals surface area contributed by atoms with Crippen LogP contribution in [0.5, 0.6) is 0 Å². The zero-order valence-electron chi connectivity index (χ0n) is 11.5. The van der Waals surface area contributed by atoms with Gasteiger partial charge in [-0.2, -0.15) is 0 Å². The van der Waals surface area contributed by atoms with Gasteiger partial charge in [-0.15, -0.1) is 0 Å². The molecule has 21 heavy (non-hydrogen) atoms. The molecule has 0 radical (unpaired) electrons. The molecule has 1 heterocycles. The van der Waals surface area contributed by atoms with Gasteiger partial charge in [0.2, 0.25) is 5.91 Å². The Labute approximate surface area is 130 Å². The molecule has 7 heteroatoms. The molecule has 1 aromatic heterocycles. The number of aromatic nitrogens is 1. The van der Waals surface area contributed by atoms with Crippen LogP contribution in [0.2, 0.25) is 0 Å². The minimum atomic E-state index is -0.696. The molecule has 0 aliphatic carbocycles. The maximum atomic E-state index is 12.0. The van der Waals surface area contributed by atoms with Crippen LogP contribution in [0.25, 0.3) is 0 Å². The van der Waals surface area contributed by atoms with Crippen molar-refractivity contribution in [1.29, 1.82) is 0 Å². The number of nitrogens with zero attached hydrogens (tertiary/aromatic N) is 1. The summed E-state index contributed by atoms with van der Waals surface area (Å²) in [5.74, 6) is 0.231. The molecule has 1 aromatic carbocycles. The summed E-state index contributed by atoms with van der Waals surface area (Å²) >= 11 is 3.30. The van der Waals surface area contributed by atoms with Crippen molar-refractivity contribution >= 4 is 33.6 Å². The number of aryl methyl sites for hydroxylation is 1. The number of nitrogens with one attached hydrogen (secondary N) is 2. The van der Waals surface area contributed by atoms with E-state index < -0.39 is 6.04 Å². The number of hydrogen-bond donors (Lipinski definition) is 2. The highest BCUT2D eigenvalue weighted by atomic mass is 79.9. The predicted octanol–water partition coefficient (Wildman–Crippen LogP) is 2.50. The number of halogens is 1. The van der Waals surface area contributed by atoms with Gasteiger partial charge < -0.3 is 15.2 Å². The van der Waals surface area contributed by atoms with E-state index >= 15 is 0 Å². The standard InChI is InChI=1S/C14H14BrN3O3/c1-8-7-12(18-21-8)17-13(19)9(2)16-14(20)10-3-5-11(15)6-4-10/h3-7,9H,1-2H3,(H,16,20)(H,17,18,19)/t9-/m0/s1. The van der Waals surface area contributed by atoms with Crippen LogP contribution in [0.15, 0.2) is 39.3 Å². The van der Waals surface area contributed by atoms with Gasteiger partial charge in [0.1, 0.15) is 11.8 Å². The van der Waals surface area contributed by atoms with Crippen molar-refractivity contribution in [1.82, 2.24) is 10.5 Å². The Morgan fingerprint density at radius 3 is 2.52 bits per heavy atom. The van der Waals surface area contributed by atoms with Crippen molar-refractivity contribution in [2.75, 3.05) is 5.32 Å². The number of carbonyl (C=O) groups is 2. The Bertz CT molecular complexity index is 652. The molecule has 0 aliphatic rings. The fourth-order valence-corrected chi connectivity index (χ4v) is 1.87. The van der Waals surface area contributed by atoms with E-state index in [2.05, 4.69) is 31.7 Å². The minimum absolute atomic E-state index is 0.318. The fourth-order valence-electron chi connectivity index (χ4n) is 1.61. The second-order valence-corrected chi connectivity index (χ2v) is 5.43. The van der Waals surface area contributed by atoms with E-state index in [1.807, 2.05) is 0 Å². The molecular weight excluding hydrogens is 338 g/mol. The number of carbonyl (C=O) groups excluding carboxylic acids is 2. The average Bonchev–Trinajstić information content (AvgIpc) is 2.84. The lowest BCUT2D eigenvalue weighted by Crippen LogP contribution is -2.41. The second-order valence-electron chi connectivity index (χ2n) is 4.51. The van der Waals surface area contributed by atoms with Gasteiger partial charge in [0, 0.05) is 16.1 Å². The fraction of sp³-hybridized carbons (Fsp3) is 0.214. The van der Waals surface area contributed by atoms with Crippen LogP contribution in [-0.4, -0.2) is 23.0 Å². The summed E-state index contributed by atoms with van der Waals surface area (Å²) in [6.07, 6.45) is 0. The van der Waals surface area contributed by atoms with Crippen molar-refractivity contribution in [3.05, 3.63) is 46.1 Å². The Kier molecular flexibility index (Phi) is 4.74. The highest BCUT2D eigenvalue weighted by Gasteiger charge is 2.17. The molecule has 0 unspecified atom stereocenters. The molecule has 2 amide bonds. The third-order valence-corrected chi connectivity index (χ3v) is 3.26. The number of benzene rings is 1. The van der Waals surface area contributed by atoms with E-state index in [4.69, 9.17) is 4.52 Å². The van der Waals surface area contributed by atoms with E-state index in [1.165, 1.54) is 0 Å². The highest BCUT2D eigenvalue weighted by Crippen LogP contribution is 2.11. The lowest BCUT2D eigenvalue weighted by Gasteiger charge is -2.12. The summed E-state index contributed by atoms with van der Waals surface area (Å²) in [6.45, 7) is 3.32. The molecule has 2 rings (SSSR count). The van der Waals surface area contributed by atoms with Crippen LogP contribution < -0.4 is 10.6 Å². The first-order valence-electron chi connectivity index (χ1n) is 6.26. The zero-order chi connectivity index (χ0) is 15.4. The third kappa shape index (κ3) is 4.16. The lowest BCUT2D eigenvalue weighted by atomic mass is 10.2. The first kappa shape index (κ1) is 15.2. The van der Waals surface area contributed by atoms with Crippen LogP contribution in [0.1, 0.15) is 23.0 Å². The topological polar surface area (TPSA) is 84.2 Å². The van der Waals surface area contributed by atoms with Gasteiger partial charge in [-0.25, -0.2) is 0 Å². The number of anilines is 1. The molecule has 1 atom stereocenters. The van der Waals surface area contributed by atoms with E-state index in [9.17, 15) is 9.59 Å². The Hall–Kier alpha value is -2.15. The molecule has 0 saturated carbocycles. The zero-order valence-corrected chi connectivity index (χ0v) is 13.1. The van der Waals surface area contributed by atoms with Crippen LogP contribution in [0.3, 0.4) is 0 Å². The minimum Gasteiger partial charge on any atom is -0.360 e. The molecule has 0 spiro atoms. The molecule has 6 nitrogen and oxygen atoms in total. The summed E-state index contributed by atoms with van der Waals surface area (Å²) in [5.41, 5.74) is 0.482. The van der Waals surface area contributed by atoms with E-state index in [-0.39, 0.29) is 11.8 Å². The average molecular weight is 352 g/mol. The third-order valence-electron chi connectivity index (χ3n) is 2.73. The van der Waals surface area contributed by atoms with Gasteiger partial charge in [0.25, 0.3) is 5.91 Å². The summed E-state index contributed by atoms with van der Waals surface area (Å²) in [5, 5.41) is 8.84. The van der Waals surface area contributed by atoms with Crippen molar-refractivity contribution in [2.45, 2.75) is 19.9 Å². The van der Waals surface area contributed by atoms with Gasteiger partial charge in [-0.1, -0.05) is 21.1 Å². The summed E-state index contributed by atoms with van der Waals surface area (Å²) < 4.78 is 5.73. The van der Waals surface area contributed by atoms with Crippen molar-refractivity contribution in [2.24, 2.45) is 0 Å². The van der Waals surface area contributed by atoms with Crippen LogP contribution in [0.4, 0.5) is 5.82 Å². The normalized spacial score (nSPS) is 11.8. The summed E-state index contributed by atoms with van der Waals surface area (Å²) in [7, 11) is 0. The van der Waals surface area contributed by atoms with Crippen LogP contribution in [0, 0.1) is 6.92 Å². The highest BCUT2D eigenvalue weighted by molar-refractivity contribution is 9.10. The van der Waals surface area contributed by atoms with Crippen molar-refractivity contribution in [3.8, 4) is 0 Å². The second kappa shape index (κ2) is 6.53. The predicted molar refractivity (Wildman–Crippen MR) is 80.9 cm³/mol. The maximum absolute atomic E-state index is 12.0. The van der Waals surface area contributed by atoms with E-state index in [1.54, 1.807) is 44.2 Å². The first-order chi connectivity index (χ1) is 9.95. The van der Waals surface area contributed by atoms with Gasteiger partial charge >= 0.3 is 0 Å². The molecule has 2 aromatic rings. The monoisotopic (exact) mass is 351 g/mol. The molecule has 0 fully saturated rings. The molecule has 2 N–H and O–H groups in total. The molecule has 0 saturated heterocycles. The largest absolute Gasteiger partial charge is 0.360 e. The van der Waals surface area contributed by atoms with Crippen molar-refractivity contribution in [3.63, 3.8) is 0 Å². The Morgan fingerprint density at radius 1 is 1.29 bits per heavy atom. The molecule has 110 valence electrons.